The minimum absolute atomic E-state index is 0.176. The molecule has 1 N–H and O–H groups in total. The van der Waals surface area contributed by atoms with Crippen molar-refractivity contribution in [2.75, 3.05) is 47.5 Å². The number of quaternary nitrogens is 1. The van der Waals surface area contributed by atoms with Crippen LogP contribution in [0.15, 0.2) is 122 Å². The molecule has 0 aromatic rings. The Bertz CT molecular complexity index is 1840. The average Bonchev–Trinajstić information content (AvgIpc) is 3.56. The number of likely N-dealkylation sites (N-methyl/N-ethyl adjacent to an activating group) is 1. The Labute approximate surface area is 536 Å². The van der Waals surface area contributed by atoms with E-state index in [0.29, 0.717) is 23.9 Å². The Balaban J connectivity index is 4.20. The molecular formula is C78H134NO8+. The summed E-state index contributed by atoms with van der Waals surface area (Å²) >= 11 is 0. The fourth-order valence-corrected chi connectivity index (χ4v) is 9.77. The highest BCUT2D eigenvalue weighted by atomic mass is 16.7. The molecule has 0 saturated carbocycles. The predicted octanol–water partition coefficient (Wildman–Crippen LogP) is 22.4. The summed E-state index contributed by atoms with van der Waals surface area (Å²) in [6.07, 6.45) is 93.2. The number of carboxylic acid groups (broad SMARTS) is 1. The number of aliphatic carboxylic acids is 1. The Morgan fingerprint density at radius 2 is 0.655 bits per heavy atom. The van der Waals surface area contributed by atoms with Crippen molar-refractivity contribution in [1.82, 2.24) is 0 Å². The first-order valence-corrected chi connectivity index (χ1v) is 35.7. The molecule has 0 amide bonds. The highest BCUT2D eigenvalue weighted by Gasteiger charge is 2.25. The van der Waals surface area contributed by atoms with Gasteiger partial charge >= 0.3 is 17.9 Å². The first-order valence-electron chi connectivity index (χ1n) is 35.7. The molecule has 0 fully saturated rings. The number of carbonyl (C=O) groups is 3. The maximum Gasteiger partial charge on any atom is 0.361 e. The predicted molar refractivity (Wildman–Crippen MR) is 373 cm³/mol. The summed E-state index contributed by atoms with van der Waals surface area (Å²) in [4.78, 5) is 37.6. The van der Waals surface area contributed by atoms with Crippen LogP contribution in [-0.2, 0) is 33.3 Å². The fraction of sp³-hybridized carbons (Fsp3) is 0.705. The maximum absolute atomic E-state index is 12.9. The van der Waals surface area contributed by atoms with Gasteiger partial charge in [-0.05, 0) is 109 Å². The number of allylic oxidation sites excluding steroid dienone is 20. The quantitative estimate of drug-likeness (QED) is 0.0211. The number of nitrogens with zero attached hydrogens (tertiary/aromatic N) is 1. The van der Waals surface area contributed by atoms with Crippen LogP contribution in [0.25, 0.3) is 0 Å². The third kappa shape index (κ3) is 69.0. The van der Waals surface area contributed by atoms with E-state index < -0.39 is 24.3 Å². The largest absolute Gasteiger partial charge is 0.477 e. The molecule has 0 heterocycles. The molecule has 0 bridgehead atoms. The van der Waals surface area contributed by atoms with Gasteiger partial charge in [0.25, 0.3) is 6.29 Å². The standard InChI is InChI=1S/C78H133NO8/c1-6-8-10-12-14-16-18-20-22-24-26-28-30-32-34-36-38-40-42-44-46-48-50-52-54-56-58-60-62-64-66-68-75(80)85-72-74(73-86-78(77(82)83)84-71-70-79(3,4)5)87-76(81)69-67-65-63-61-59-57-55-53-51-49-47-45-43-41-39-37-35-33-31-29-27-25-23-21-19-17-15-13-11-9-7-2/h9,11,15,17,21,23-24,26-27,29,33,35,39,41,45,47,51,53,57,59,74,78H,6-8,10,12-14,16,18-20,22,25,28,30-32,34,36-38,40,42-44,46,48-50,52,54-56,58,60-73H2,1-5H3/p+1/b11-9-,17-15-,23-21-,26-24-,29-27-,35-33-,41-39-,47-45-,53-51-,59-57-. The van der Waals surface area contributed by atoms with E-state index in [0.717, 1.165) is 96.3 Å². The number of hydrogen-bond donors (Lipinski definition) is 1. The molecule has 0 aromatic carbocycles. The molecule has 9 nitrogen and oxygen atoms in total. The van der Waals surface area contributed by atoms with Gasteiger partial charge in [-0.15, -0.1) is 0 Å². The highest BCUT2D eigenvalue weighted by molar-refractivity contribution is 5.71. The van der Waals surface area contributed by atoms with Crippen molar-refractivity contribution in [2.24, 2.45) is 0 Å². The molecule has 0 rings (SSSR count). The zero-order valence-corrected chi connectivity index (χ0v) is 56.9. The van der Waals surface area contributed by atoms with Gasteiger partial charge in [0.05, 0.1) is 34.4 Å². The smallest absolute Gasteiger partial charge is 0.361 e. The van der Waals surface area contributed by atoms with Crippen LogP contribution in [0.1, 0.15) is 296 Å². The summed E-state index contributed by atoms with van der Waals surface area (Å²) in [6, 6.07) is 0. The van der Waals surface area contributed by atoms with Crippen LogP contribution in [-0.4, -0.2) is 87.4 Å². The van der Waals surface area contributed by atoms with E-state index in [-0.39, 0.29) is 32.2 Å². The Hall–Kier alpha value is -4.31. The van der Waals surface area contributed by atoms with E-state index in [1.165, 1.54) is 167 Å². The molecular weight excluding hydrogens is 1080 g/mol. The monoisotopic (exact) mass is 1210 g/mol. The van der Waals surface area contributed by atoms with Crippen molar-refractivity contribution < 1.29 is 42.9 Å². The summed E-state index contributed by atoms with van der Waals surface area (Å²) in [5.74, 6) is -2.05. The van der Waals surface area contributed by atoms with Crippen molar-refractivity contribution in [3.8, 4) is 0 Å². The second-order valence-electron chi connectivity index (χ2n) is 24.8. The Kier molecular flexibility index (Phi) is 64.3. The summed E-state index contributed by atoms with van der Waals surface area (Å²) in [5.41, 5.74) is 0. The number of esters is 2. The lowest BCUT2D eigenvalue weighted by Crippen LogP contribution is -2.40. The Morgan fingerprint density at radius 1 is 0.356 bits per heavy atom. The SMILES string of the molecule is CC/C=C\C/C=C\C/C=C\C/C=C\C/C=C\C/C=C\C/C=C\C/C=C\C/C=C\CCCCCC(=O)OC(COC(=O)CCCCCCCCCCCCCCCCCCCCC/C=C\CCCCCCCCCC)COC(OCC[N+](C)(C)C)C(=O)O. The topological polar surface area (TPSA) is 108 Å². The number of rotatable bonds is 65. The van der Waals surface area contributed by atoms with E-state index >= 15 is 0 Å². The van der Waals surface area contributed by atoms with Crippen LogP contribution < -0.4 is 0 Å². The molecule has 0 aliphatic carbocycles. The summed E-state index contributed by atoms with van der Waals surface area (Å²) < 4.78 is 22.9. The van der Waals surface area contributed by atoms with Crippen LogP contribution in [0.4, 0.5) is 0 Å². The molecule has 9 heteroatoms. The maximum atomic E-state index is 12.9. The van der Waals surface area contributed by atoms with E-state index in [4.69, 9.17) is 18.9 Å². The van der Waals surface area contributed by atoms with Crippen molar-refractivity contribution in [3.63, 3.8) is 0 Å². The number of carbonyl (C=O) groups excluding carboxylic acids is 2. The first kappa shape index (κ1) is 82.7. The molecule has 0 aliphatic heterocycles. The van der Waals surface area contributed by atoms with Crippen LogP contribution in [0.5, 0.6) is 0 Å². The molecule has 0 saturated heterocycles. The first-order chi connectivity index (χ1) is 42.6. The van der Waals surface area contributed by atoms with E-state index in [9.17, 15) is 19.5 Å². The number of ether oxygens (including phenoxy) is 4. The van der Waals surface area contributed by atoms with Gasteiger partial charge in [0.15, 0.2) is 6.10 Å². The highest BCUT2D eigenvalue weighted by Crippen LogP contribution is 2.17. The second kappa shape index (κ2) is 67.6. The lowest BCUT2D eigenvalue weighted by Gasteiger charge is -2.25. The zero-order chi connectivity index (χ0) is 63.3. The minimum Gasteiger partial charge on any atom is -0.477 e. The van der Waals surface area contributed by atoms with Gasteiger partial charge < -0.3 is 28.5 Å². The van der Waals surface area contributed by atoms with Crippen LogP contribution >= 0.6 is 0 Å². The van der Waals surface area contributed by atoms with Gasteiger partial charge in [-0.3, -0.25) is 9.59 Å². The molecule has 0 aliphatic rings. The summed E-state index contributed by atoms with van der Waals surface area (Å²) in [7, 11) is 5.96. The lowest BCUT2D eigenvalue weighted by molar-refractivity contribution is -0.870. The summed E-state index contributed by atoms with van der Waals surface area (Å²) in [6.45, 7) is 4.74. The molecule has 0 spiro atoms. The van der Waals surface area contributed by atoms with Gasteiger partial charge in [0, 0.05) is 12.8 Å². The third-order valence-corrected chi connectivity index (χ3v) is 15.2. The van der Waals surface area contributed by atoms with Crippen molar-refractivity contribution in [3.05, 3.63) is 122 Å². The van der Waals surface area contributed by atoms with Crippen LogP contribution in [0.2, 0.25) is 0 Å². The van der Waals surface area contributed by atoms with Crippen molar-refractivity contribution in [1.29, 1.82) is 0 Å². The van der Waals surface area contributed by atoms with E-state index in [1.54, 1.807) is 0 Å². The minimum atomic E-state index is -1.53. The fourth-order valence-electron chi connectivity index (χ4n) is 9.77. The molecule has 0 aromatic heterocycles. The molecule has 87 heavy (non-hydrogen) atoms. The lowest BCUT2D eigenvalue weighted by atomic mass is 10.0. The molecule has 2 atom stereocenters. The van der Waals surface area contributed by atoms with Gasteiger partial charge in [-0.1, -0.05) is 296 Å². The molecule has 498 valence electrons. The van der Waals surface area contributed by atoms with Gasteiger partial charge in [-0.2, -0.15) is 0 Å². The zero-order valence-electron chi connectivity index (χ0n) is 56.9. The van der Waals surface area contributed by atoms with Gasteiger partial charge in [0.2, 0.25) is 0 Å². The molecule has 0 radical (unpaired) electrons. The van der Waals surface area contributed by atoms with Crippen LogP contribution in [0.3, 0.4) is 0 Å². The number of unbranched alkanes of at least 4 members (excludes halogenated alkanes) is 30. The second-order valence-corrected chi connectivity index (χ2v) is 24.8. The average molecular weight is 1210 g/mol. The Morgan fingerprint density at radius 3 is 1.00 bits per heavy atom. The van der Waals surface area contributed by atoms with Crippen molar-refractivity contribution in [2.45, 2.75) is 309 Å². The number of hydrogen-bond acceptors (Lipinski definition) is 7. The number of carboxylic acids is 1. The van der Waals surface area contributed by atoms with Crippen LogP contribution in [0, 0.1) is 0 Å². The van der Waals surface area contributed by atoms with Crippen molar-refractivity contribution >= 4 is 17.9 Å². The third-order valence-electron chi connectivity index (χ3n) is 15.2. The van der Waals surface area contributed by atoms with E-state index in [2.05, 4.69) is 135 Å². The van der Waals surface area contributed by atoms with Gasteiger partial charge in [-0.25, -0.2) is 4.79 Å². The summed E-state index contributed by atoms with van der Waals surface area (Å²) in [5, 5.41) is 9.75. The van der Waals surface area contributed by atoms with Gasteiger partial charge in [0.1, 0.15) is 13.2 Å². The van der Waals surface area contributed by atoms with E-state index in [1.807, 2.05) is 21.1 Å². The molecule has 2 unspecified atom stereocenters. The normalized spacial score (nSPS) is 13.4.